The lowest BCUT2D eigenvalue weighted by atomic mass is 10.0. The van der Waals surface area contributed by atoms with Gasteiger partial charge < -0.3 is 0 Å². The van der Waals surface area contributed by atoms with Crippen LogP contribution in [0.1, 0.15) is 56.6 Å². The molecule has 4 rings (SSSR count). The van der Waals surface area contributed by atoms with Crippen LogP contribution >= 0.6 is 0 Å². The first-order chi connectivity index (χ1) is 15.5. The van der Waals surface area contributed by atoms with Crippen molar-refractivity contribution in [3.63, 3.8) is 0 Å². The highest BCUT2D eigenvalue weighted by molar-refractivity contribution is 5.79. The summed E-state index contributed by atoms with van der Waals surface area (Å²) in [7, 11) is 0. The molecule has 0 saturated carbocycles. The summed E-state index contributed by atoms with van der Waals surface area (Å²) in [6.07, 6.45) is 6.37. The van der Waals surface area contributed by atoms with Crippen LogP contribution in [0.5, 0.6) is 0 Å². The molecule has 32 heavy (non-hydrogen) atoms. The lowest BCUT2D eigenvalue weighted by molar-refractivity contribution is 0.496. The molecule has 8 heteroatoms. The number of nitrogens with one attached hydrogen (secondary N) is 1. The van der Waals surface area contributed by atoms with Crippen molar-refractivity contribution in [3.05, 3.63) is 70.2 Å². The Morgan fingerprint density at radius 3 is 2.53 bits per heavy atom. The van der Waals surface area contributed by atoms with Gasteiger partial charge in [-0.2, -0.15) is 0 Å². The second-order valence-electron chi connectivity index (χ2n) is 8.15. The van der Waals surface area contributed by atoms with Crippen molar-refractivity contribution in [1.29, 1.82) is 0 Å². The Kier molecular flexibility index (Phi) is 6.30. The van der Waals surface area contributed by atoms with Crippen LogP contribution < -0.4 is 5.69 Å². The SMILES string of the molecule is CCCc1c(C)n(C(C)CC)c(=O)n1Cc1ccc(-c2cnccc2-c2nnn[nH]2)cc1. The number of hydrogen-bond acceptors (Lipinski definition) is 5. The minimum Gasteiger partial charge on any atom is -0.294 e. The summed E-state index contributed by atoms with van der Waals surface area (Å²) in [5.41, 5.74) is 6.24. The minimum absolute atomic E-state index is 0.0803. The van der Waals surface area contributed by atoms with Crippen molar-refractivity contribution in [3.8, 4) is 22.5 Å². The fourth-order valence-corrected chi connectivity index (χ4v) is 4.22. The lowest BCUT2D eigenvalue weighted by Crippen LogP contribution is -2.27. The van der Waals surface area contributed by atoms with E-state index in [4.69, 9.17) is 0 Å². The molecule has 166 valence electrons. The van der Waals surface area contributed by atoms with Gasteiger partial charge in [-0.1, -0.05) is 44.5 Å². The monoisotopic (exact) mass is 431 g/mol. The fraction of sp³-hybridized carbons (Fsp3) is 0.375. The Bertz CT molecular complexity index is 1240. The number of imidazole rings is 1. The van der Waals surface area contributed by atoms with Crippen LogP contribution in [0.15, 0.2) is 47.5 Å². The third-order valence-electron chi connectivity index (χ3n) is 6.09. The van der Waals surface area contributed by atoms with E-state index in [1.807, 2.05) is 21.4 Å². The van der Waals surface area contributed by atoms with E-state index in [1.54, 1.807) is 6.20 Å². The number of H-pyrrole nitrogens is 1. The average Bonchev–Trinajstić information content (AvgIpc) is 3.43. The second-order valence-corrected chi connectivity index (χ2v) is 8.15. The van der Waals surface area contributed by atoms with Crippen molar-refractivity contribution in [2.24, 2.45) is 0 Å². The Morgan fingerprint density at radius 2 is 1.88 bits per heavy atom. The summed E-state index contributed by atoms with van der Waals surface area (Å²) in [6, 6.07) is 10.3. The summed E-state index contributed by atoms with van der Waals surface area (Å²) in [5, 5.41) is 14.2. The predicted molar refractivity (Wildman–Crippen MR) is 124 cm³/mol. The number of pyridine rings is 1. The van der Waals surface area contributed by atoms with Crippen molar-refractivity contribution in [1.82, 2.24) is 34.7 Å². The van der Waals surface area contributed by atoms with E-state index in [1.165, 1.54) is 0 Å². The smallest absolute Gasteiger partial charge is 0.294 e. The number of aromatic nitrogens is 7. The Morgan fingerprint density at radius 1 is 1.09 bits per heavy atom. The van der Waals surface area contributed by atoms with Gasteiger partial charge in [-0.3, -0.25) is 14.1 Å². The Balaban J connectivity index is 1.67. The molecule has 1 atom stereocenters. The maximum absolute atomic E-state index is 13.2. The number of tetrazole rings is 1. The van der Waals surface area contributed by atoms with Crippen molar-refractivity contribution in [2.45, 2.75) is 59.5 Å². The zero-order chi connectivity index (χ0) is 22.7. The molecule has 0 amide bonds. The summed E-state index contributed by atoms with van der Waals surface area (Å²) >= 11 is 0. The largest absolute Gasteiger partial charge is 0.329 e. The first-order valence-corrected chi connectivity index (χ1v) is 11.1. The van der Waals surface area contributed by atoms with Crippen molar-refractivity contribution >= 4 is 0 Å². The number of rotatable bonds is 8. The molecule has 0 bridgehead atoms. The van der Waals surface area contributed by atoms with E-state index in [9.17, 15) is 4.79 Å². The van der Waals surface area contributed by atoms with Gasteiger partial charge in [0.25, 0.3) is 0 Å². The highest BCUT2D eigenvalue weighted by Crippen LogP contribution is 2.29. The van der Waals surface area contributed by atoms with E-state index < -0.39 is 0 Å². The second kappa shape index (κ2) is 9.30. The first kappa shape index (κ1) is 21.7. The van der Waals surface area contributed by atoms with Crippen LogP contribution in [-0.2, 0) is 13.0 Å². The molecule has 3 heterocycles. The lowest BCUT2D eigenvalue weighted by Gasteiger charge is -2.11. The summed E-state index contributed by atoms with van der Waals surface area (Å²) < 4.78 is 3.89. The van der Waals surface area contributed by atoms with Crippen LogP contribution in [-0.4, -0.2) is 34.7 Å². The van der Waals surface area contributed by atoms with Gasteiger partial charge in [0.15, 0.2) is 5.82 Å². The van der Waals surface area contributed by atoms with E-state index in [0.717, 1.165) is 52.9 Å². The number of nitrogens with zero attached hydrogens (tertiary/aromatic N) is 6. The van der Waals surface area contributed by atoms with Gasteiger partial charge in [0, 0.05) is 41.0 Å². The molecule has 0 radical (unpaired) electrons. The molecule has 0 saturated heterocycles. The van der Waals surface area contributed by atoms with E-state index in [0.29, 0.717) is 12.4 Å². The molecule has 0 aliphatic heterocycles. The maximum Gasteiger partial charge on any atom is 0.329 e. The van der Waals surface area contributed by atoms with Crippen molar-refractivity contribution in [2.75, 3.05) is 0 Å². The zero-order valence-corrected chi connectivity index (χ0v) is 19.0. The molecule has 8 nitrogen and oxygen atoms in total. The third kappa shape index (κ3) is 4.00. The van der Waals surface area contributed by atoms with Crippen LogP contribution in [0.3, 0.4) is 0 Å². The molecule has 3 aromatic heterocycles. The van der Waals surface area contributed by atoms with Crippen LogP contribution in [0.4, 0.5) is 0 Å². The van der Waals surface area contributed by atoms with Crippen molar-refractivity contribution < 1.29 is 0 Å². The van der Waals surface area contributed by atoms with Crippen LogP contribution in [0.2, 0.25) is 0 Å². The molecular formula is C24H29N7O. The summed E-state index contributed by atoms with van der Waals surface area (Å²) in [6.45, 7) is 9.01. The van der Waals surface area contributed by atoms with Gasteiger partial charge in [-0.05, 0) is 54.3 Å². The van der Waals surface area contributed by atoms with E-state index in [2.05, 4.69) is 77.6 Å². The Labute approximate surface area is 187 Å². The highest BCUT2D eigenvalue weighted by Gasteiger charge is 2.19. The van der Waals surface area contributed by atoms with Gasteiger partial charge in [0.2, 0.25) is 0 Å². The van der Waals surface area contributed by atoms with Gasteiger partial charge in [-0.15, -0.1) is 5.10 Å². The van der Waals surface area contributed by atoms with Gasteiger partial charge in [0.05, 0.1) is 6.54 Å². The van der Waals surface area contributed by atoms with Gasteiger partial charge >= 0.3 is 5.69 Å². The van der Waals surface area contributed by atoms with Gasteiger partial charge in [0.1, 0.15) is 0 Å². The summed E-state index contributed by atoms with van der Waals surface area (Å²) in [4.78, 5) is 17.5. The quantitative estimate of drug-likeness (QED) is 0.452. The molecule has 0 fully saturated rings. The molecule has 0 aliphatic rings. The highest BCUT2D eigenvalue weighted by atomic mass is 16.1. The number of aromatic amines is 1. The number of hydrogen-bond donors (Lipinski definition) is 1. The third-order valence-corrected chi connectivity index (χ3v) is 6.09. The molecule has 1 aromatic carbocycles. The number of benzene rings is 1. The minimum atomic E-state index is 0.0803. The molecule has 0 spiro atoms. The molecule has 1 N–H and O–H groups in total. The normalized spacial score (nSPS) is 12.2. The first-order valence-electron chi connectivity index (χ1n) is 11.1. The maximum atomic E-state index is 13.2. The van der Waals surface area contributed by atoms with E-state index in [-0.39, 0.29) is 11.7 Å². The van der Waals surface area contributed by atoms with Gasteiger partial charge in [-0.25, -0.2) is 9.89 Å². The summed E-state index contributed by atoms with van der Waals surface area (Å²) in [5.74, 6) is 0.601. The van der Waals surface area contributed by atoms with Crippen LogP contribution in [0, 0.1) is 6.92 Å². The van der Waals surface area contributed by atoms with E-state index >= 15 is 0 Å². The van der Waals surface area contributed by atoms with Crippen LogP contribution in [0.25, 0.3) is 22.5 Å². The molecular weight excluding hydrogens is 402 g/mol. The predicted octanol–water partition coefficient (Wildman–Crippen LogP) is 4.17. The molecule has 4 aromatic rings. The average molecular weight is 432 g/mol. The fourth-order valence-electron chi connectivity index (χ4n) is 4.22. The molecule has 1 unspecified atom stereocenters. The zero-order valence-electron chi connectivity index (χ0n) is 19.0. The standard InChI is InChI=1S/C24H29N7O/c1-5-7-22-17(4)31(16(3)6-2)24(32)30(22)15-18-8-10-19(11-9-18)21-14-25-13-12-20(21)23-26-28-29-27-23/h8-14,16H,5-7,15H2,1-4H3,(H,26,27,28,29). The Hall–Kier alpha value is -3.55. The molecule has 0 aliphatic carbocycles. The topological polar surface area (TPSA) is 94.3 Å².